The van der Waals surface area contributed by atoms with E-state index in [4.69, 9.17) is 11.6 Å². The molecule has 0 amide bonds. The first kappa shape index (κ1) is 12.3. The normalized spacial score (nSPS) is 12.9. The predicted octanol–water partition coefficient (Wildman–Crippen LogP) is 3.58. The second-order valence-electron chi connectivity index (χ2n) is 4.34. The molecule has 0 aliphatic heterocycles. The van der Waals surface area contributed by atoms with Crippen LogP contribution in [0.3, 0.4) is 0 Å². The number of rotatable bonds is 4. The van der Waals surface area contributed by atoms with E-state index in [0.717, 1.165) is 6.42 Å². The summed E-state index contributed by atoms with van der Waals surface area (Å²) in [5.74, 6) is 0.214. The molecule has 0 heterocycles. The minimum atomic E-state index is -0.231. The van der Waals surface area contributed by atoms with Gasteiger partial charge in [-0.25, -0.2) is 0 Å². The van der Waals surface area contributed by atoms with Crippen molar-refractivity contribution in [3.05, 3.63) is 35.4 Å². The second-order valence-corrected chi connectivity index (χ2v) is 4.72. The van der Waals surface area contributed by atoms with Gasteiger partial charge in [0.1, 0.15) is 0 Å². The molecule has 0 radical (unpaired) electrons. The summed E-state index contributed by atoms with van der Waals surface area (Å²) >= 11 is 5.58. The first-order valence-corrected chi connectivity index (χ1v) is 5.63. The fourth-order valence-corrected chi connectivity index (χ4v) is 1.89. The lowest BCUT2D eigenvalue weighted by atomic mass is 9.90. The number of halogens is 1. The topological polar surface area (TPSA) is 17.1 Å². The molecule has 1 unspecified atom stereocenters. The number of carbonyl (C=O) groups excluding carboxylic acids is 1. The largest absolute Gasteiger partial charge is 0.281 e. The zero-order chi connectivity index (χ0) is 11.4. The number of aryl methyl sites for hydroxylation is 1. The van der Waals surface area contributed by atoms with Gasteiger partial charge in [0.2, 0.25) is 5.24 Å². The van der Waals surface area contributed by atoms with Gasteiger partial charge in [0, 0.05) is 5.92 Å². The van der Waals surface area contributed by atoms with Crippen molar-refractivity contribution in [2.75, 3.05) is 0 Å². The molecule has 2 heteroatoms. The summed E-state index contributed by atoms with van der Waals surface area (Å²) in [6.45, 7) is 6.11. The van der Waals surface area contributed by atoms with Gasteiger partial charge in [0.05, 0.1) is 0 Å². The number of carbonyl (C=O) groups is 1. The Morgan fingerprint density at radius 1 is 1.27 bits per heavy atom. The van der Waals surface area contributed by atoms with E-state index >= 15 is 0 Å². The average Bonchev–Trinajstić information content (AvgIpc) is 2.15. The van der Waals surface area contributed by atoms with Gasteiger partial charge in [-0.2, -0.15) is 0 Å². The highest BCUT2D eigenvalue weighted by atomic mass is 35.5. The molecule has 0 spiro atoms. The molecule has 1 aromatic carbocycles. The van der Waals surface area contributed by atoms with Crippen molar-refractivity contribution in [3.63, 3.8) is 0 Å². The zero-order valence-corrected chi connectivity index (χ0v) is 10.2. The molecule has 0 aliphatic carbocycles. The van der Waals surface area contributed by atoms with Crippen LogP contribution in [0.2, 0.25) is 0 Å². The summed E-state index contributed by atoms with van der Waals surface area (Å²) in [4.78, 5) is 11.2. The highest BCUT2D eigenvalue weighted by Gasteiger charge is 2.20. The van der Waals surface area contributed by atoms with Gasteiger partial charge in [-0.3, -0.25) is 4.79 Å². The maximum Gasteiger partial charge on any atom is 0.225 e. The van der Waals surface area contributed by atoms with Crippen LogP contribution in [0.25, 0.3) is 0 Å². The van der Waals surface area contributed by atoms with Crippen molar-refractivity contribution in [2.24, 2.45) is 11.8 Å². The zero-order valence-electron chi connectivity index (χ0n) is 9.46. The highest BCUT2D eigenvalue weighted by molar-refractivity contribution is 6.64. The van der Waals surface area contributed by atoms with Gasteiger partial charge in [0.25, 0.3) is 0 Å². The summed E-state index contributed by atoms with van der Waals surface area (Å²) in [5, 5.41) is -0.231. The van der Waals surface area contributed by atoms with Gasteiger partial charge >= 0.3 is 0 Å². The predicted molar refractivity (Wildman–Crippen MR) is 64.1 cm³/mol. The van der Waals surface area contributed by atoms with Gasteiger partial charge in [-0.05, 0) is 36.4 Å². The van der Waals surface area contributed by atoms with E-state index in [1.807, 2.05) is 13.8 Å². The molecule has 0 saturated heterocycles. The SMILES string of the molecule is Cc1ccc(CC(C(=O)Cl)C(C)C)cc1. The van der Waals surface area contributed by atoms with Gasteiger partial charge in [0.15, 0.2) is 0 Å². The van der Waals surface area contributed by atoms with E-state index in [0.29, 0.717) is 0 Å². The number of hydrogen-bond acceptors (Lipinski definition) is 1. The Bertz CT molecular complexity index is 327. The Morgan fingerprint density at radius 2 is 1.80 bits per heavy atom. The van der Waals surface area contributed by atoms with Crippen LogP contribution in [-0.4, -0.2) is 5.24 Å². The van der Waals surface area contributed by atoms with E-state index < -0.39 is 0 Å². The molecule has 0 aliphatic rings. The standard InChI is InChI=1S/C13H17ClO/c1-9(2)12(13(14)15)8-11-6-4-10(3)5-7-11/h4-7,9,12H,8H2,1-3H3. The minimum Gasteiger partial charge on any atom is -0.281 e. The summed E-state index contributed by atoms with van der Waals surface area (Å²) in [6, 6.07) is 8.24. The Balaban J connectivity index is 2.74. The Hall–Kier alpha value is -0.820. The summed E-state index contributed by atoms with van der Waals surface area (Å²) in [5.41, 5.74) is 2.41. The lowest BCUT2D eigenvalue weighted by Gasteiger charge is -2.16. The maximum absolute atomic E-state index is 11.2. The molecule has 1 atom stereocenters. The third-order valence-electron chi connectivity index (χ3n) is 2.67. The minimum absolute atomic E-state index is 0.0747. The molecule has 0 aromatic heterocycles. The van der Waals surface area contributed by atoms with Crippen LogP contribution in [0, 0.1) is 18.8 Å². The van der Waals surface area contributed by atoms with Crippen LogP contribution in [0.15, 0.2) is 24.3 Å². The lowest BCUT2D eigenvalue weighted by Crippen LogP contribution is -2.18. The molecular formula is C13H17ClO. The van der Waals surface area contributed by atoms with Crippen molar-refractivity contribution in [3.8, 4) is 0 Å². The van der Waals surface area contributed by atoms with E-state index in [1.54, 1.807) is 0 Å². The molecule has 1 rings (SSSR count). The van der Waals surface area contributed by atoms with E-state index in [-0.39, 0.29) is 17.1 Å². The molecule has 1 aromatic rings. The summed E-state index contributed by atoms with van der Waals surface area (Å²) in [7, 11) is 0. The fraction of sp³-hybridized carbons (Fsp3) is 0.462. The lowest BCUT2D eigenvalue weighted by molar-refractivity contribution is -0.116. The number of hydrogen-bond donors (Lipinski definition) is 0. The first-order valence-electron chi connectivity index (χ1n) is 5.25. The van der Waals surface area contributed by atoms with Crippen LogP contribution >= 0.6 is 11.6 Å². The Morgan fingerprint density at radius 3 is 2.20 bits per heavy atom. The monoisotopic (exact) mass is 224 g/mol. The van der Waals surface area contributed by atoms with E-state index in [1.165, 1.54) is 11.1 Å². The van der Waals surface area contributed by atoms with Gasteiger partial charge < -0.3 is 0 Å². The third kappa shape index (κ3) is 3.67. The van der Waals surface area contributed by atoms with Crippen molar-refractivity contribution >= 4 is 16.8 Å². The molecule has 0 N–H and O–H groups in total. The first-order chi connectivity index (χ1) is 7.00. The Kier molecular flexibility index (Phi) is 4.34. The smallest absolute Gasteiger partial charge is 0.225 e. The highest BCUT2D eigenvalue weighted by Crippen LogP contribution is 2.20. The van der Waals surface area contributed by atoms with Crippen LogP contribution in [0.5, 0.6) is 0 Å². The van der Waals surface area contributed by atoms with Crippen LogP contribution in [-0.2, 0) is 11.2 Å². The van der Waals surface area contributed by atoms with Crippen molar-refractivity contribution in [2.45, 2.75) is 27.2 Å². The quantitative estimate of drug-likeness (QED) is 0.715. The molecular weight excluding hydrogens is 208 g/mol. The fourth-order valence-electron chi connectivity index (χ4n) is 1.56. The van der Waals surface area contributed by atoms with E-state index in [9.17, 15) is 4.79 Å². The molecule has 82 valence electrons. The Labute approximate surface area is 96.5 Å². The van der Waals surface area contributed by atoms with Crippen LogP contribution < -0.4 is 0 Å². The average molecular weight is 225 g/mol. The van der Waals surface area contributed by atoms with Crippen molar-refractivity contribution in [1.29, 1.82) is 0 Å². The molecule has 1 nitrogen and oxygen atoms in total. The summed E-state index contributed by atoms with van der Waals surface area (Å²) in [6.07, 6.45) is 0.736. The van der Waals surface area contributed by atoms with E-state index in [2.05, 4.69) is 31.2 Å². The van der Waals surface area contributed by atoms with Crippen molar-refractivity contribution in [1.82, 2.24) is 0 Å². The van der Waals surface area contributed by atoms with Crippen LogP contribution in [0.4, 0.5) is 0 Å². The maximum atomic E-state index is 11.2. The molecule has 0 fully saturated rings. The van der Waals surface area contributed by atoms with Gasteiger partial charge in [-0.15, -0.1) is 0 Å². The second kappa shape index (κ2) is 5.32. The molecule has 15 heavy (non-hydrogen) atoms. The third-order valence-corrected chi connectivity index (χ3v) is 2.95. The molecule has 0 saturated carbocycles. The van der Waals surface area contributed by atoms with Crippen LogP contribution in [0.1, 0.15) is 25.0 Å². The summed E-state index contributed by atoms with van der Waals surface area (Å²) < 4.78 is 0. The number of benzene rings is 1. The van der Waals surface area contributed by atoms with Gasteiger partial charge in [-0.1, -0.05) is 43.7 Å². The molecule has 0 bridgehead atoms. The van der Waals surface area contributed by atoms with Crippen molar-refractivity contribution < 1.29 is 4.79 Å².